The summed E-state index contributed by atoms with van der Waals surface area (Å²) in [6.07, 6.45) is 1.51. The van der Waals surface area contributed by atoms with E-state index in [1.807, 2.05) is 0 Å². The van der Waals surface area contributed by atoms with Gasteiger partial charge < -0.3 is 5.11 Å². The van der Waals surface area contributed by atoms with Crippen LogP contribution in [0.4, 0.5) is 0 Å². The third-order valence-corrected chi connectivity index (χ3v) is 4.65. The van der Waals surface area contributed by atoms with Gasteiger partial charge in [-0.1, -0.05) is 48.0 Å². The van der Waals surface area contributed by atoms with Crippen molar-refractivity contribution in [1.82, 2.24) is 4.90 Å². The number of carboxylic acids is 1. The molecule has 0 aliphatic carbocycles. The number of hydrogen-bond donors (Lipinski definition) is 1. The van der Waals surface area contributed by atoms with Crippen LogP contribution in [0.5, 0.6) is 0 Å². The van der Waals surface area contributed by atoms with Crippen molar-refractivity contribution < 1.29 is 9.90 Å². The second kappa shape index (κ2) is 6.97. The summed E-state index contributed by atoms with van der Waals surface area (Å²) in [5.74, 6) is -0.809. The molecule has 0 saturated carbocycles. The molecule has 2 aromatic carbocycles. The summed E-state index contributed by atoms with van der Waals surface area (Å²) in [7, 11) is 0. The molecule has 1 aliphatic heterocycles. The second-order valence-corrected chi connectivity index (χ2v) is 6.46. The Hall–Kier alpha value is -2.13. The first kappa shape index (κ1) is 15.8. The summed E-state index contributed by atoms with van der Waals surface area (Å²) in [4.78, 5) is 13.4. The number of aliphatic carboxylic acids is 1. The Morgan fingerprint density at radius 2 is 1.78 bits per heavy atom. The van der Waals surface area contributed by atoms with Crippen LogP contribution in [0.1, 0.15) is 24.0 Å². The summed E-state index contributed by atoms with van der Waals surface area (Å²) in [6.45, 7) is 4.73. The first-order chi connectivity index (χ1) is 11.1. The number of carbonyl (C=O) groups is 1. The molecule has 3 nitrogen and oxygen atoms in total. The van der Waals surface area contributed by atoms with E-state index in [1.165, 1.54) is 22.3 Å². The zero-order chi connectivity index (χ0) is 16.2. The largest absolute Gasteiger partial charge is 0.481 e. The average molecular weight is 309 g/mol. The molecule has 1 aliphatic rings. The van der Waals surface area contributed by atoms with Crippen molar-refractivity contribution >= 4 is 5.97 Å². The maximum Gasteiger partial charge on any atom is 0.306 e. The normalized spacial score (nSPS) is 16.4. The smallest absolute Gasteiger partial charge is 0.306 e. The average Bonchev–Trinajstić information content (AvgIpc) is 2.56. The lowest BCUT2D eigenvalue weighted by molar-refractivity contribution is -0.143. The van der Waals surface area contributed by atoms with Gasteiger partial charge in [0.15, 0.2) is 0 Å². The molecular weight excluding hydrogens is 286 g/mol. The van der Waals surface area contributed by atoms with Crippen LogP contribution in [0.3, 0.4) is 0 Å². The van der Waals surface area contributed by atoms with Gasteiger partial charge >= 0.3 is 5.97 Å². The van der Waals surface area contributed by atoms with E-state index < -0.39 is 5.97 Å². The summed E-state index contributed by atoms with van der Waals surface area (Å²) in [6, 6.07) is 17.2. The molecule has 0 bridgehead atoms. The number of likely N-dealkylation sites (tertiary alicyclic amines) is 1. The van der Waals surface area contributed by atoms with Crippen molar-refractivity contribution in [3.63, 3.8) is 0 Å². The first-order valence-electron chi connectivity index (χ1n) is 8.23. The highest BCUT2D eigenvalue weighted by atomic mass is 16.4. The van der Waals surface area contributed by atoms with E-state index in [2.05, 4.69) is 60.4 Å². The number of aryl methyl sites for hydroxylation is 1. The van der Waals surface area contributed by atoms with Gasteiger partial charge in [-0.15, -0.1) is 0 Å². The number of rotatable bonds is 4. The van der Waals surface area contributed by atoms with Crippen molar-refractivity contribution in [3.05, 3.63) is 59.7 Å². The van der Waals surface area contributed by atoms with E-state index in [9.17, 15) is 4.79 Å². The van der Waals surface area contributed by atoms with Gasteiger partial charge in [0, 0.05) is 6.54 Å². The molecule has 0 unspecified atom stereocenters. The fraction of sp³-hybridized carbons (Fsp3) is 0.350. The van der Waals surface area contributed by atoms with Crippen LogP contribution in [0.25, 0.3) is 11.1 Å². The number of nitrogens with zero attached hydrogens (tertiary/aromatic N) is 1. The highest BCUT2D eigenvalue weighted by molar-refractivity contribution is 5.70. The SMILES string of the molecule is Cc1ccc(-c2cccc(CN3CCC(C(=O)O)CC3)c2)cc1. The monoisotopic (exact) mass is 309 g/mol. The molecule has 0 radical (unpaired) electrons. The van der Waals surface area contributed by atoms with Crippen LogP contribution in [-0.4, -0.2) is 29.1 Å². The Morgan fingerprint density at radius 3 is 2.43 bits per heavy atom. The Labute approximate surface area is 137 Å². The second-order valence-electron chi connectivity index (χ2n) is 6.46. The minimum absolute atomic E-state index is 0.162. The highest BCUT2D eigenvalue weighted by Gasteiger charge is 2.24. The maximum absolute atomic E-state index is 11.0. The Kier molecular flexibility index (Phi) is 4.77. The first-order valence-corrected chi connectivity index (χ1v) is 8.23. The van der Waals surface area contributed by atoms with Gasteiger partial charge in [0.1, 0.15) is 0 Å². The Morgan fingerprint density at radius 1 is 1.09 bits per heavy atom. The van der Waals surface area contributed by atoms with E-state index in [4.69, 9.17) is 5.11 Å². The number of carboxylic acid groups (broad SMARTS) is 1. The number of benzene rings is 2. The number of hydrogen-bond acceptors (Lipinski definition) is 2. The van der Waals surface area contributed by atoms with Crippen LogP contribution in [0, 0.1) is 12.8 Å². The molecule has 1 fully saturated rings. The minimum Gasteiger partial charge on any atom is -0.481 e. The van der Waals surface area contributed by atoms with Gasteiger partial charge in [-0.2, -0.15) is 0 Å². The fourth-order valence-corrected chi connectivity index (χ4v) is 3.19. The predicted molar refractivity (Wildman–Crippen MR) is 92.3 cm³/mol. The standard InChI is InChI=1S/C20H23NO2/c1-15-5-7-17(8-6-15)19-4-2-3-16(13-19)14-21-11-9-18(10-12-21)20(22)23/h2-8,13,18H,9-12,14H2,1H3,(H,22,23). The summed E-state index contributed by atoms with van der Waals surface area (Å²) in [5, 5.41) is 9.08. The van der Waals surface area contributed by atoms with Gasteiger partial charge in [0.25, 0.3) is 0 Å². The molecule has 0 aromatic heterocycles. The lowest BCUT2D eigenvalue weighted by Gasteiger charge is -2.30. The molecule has 1 N–H and O–H groups in total. The molecule has 0 spiro atoms. The number of piperidine rings is 1. The van der Waals surface area contributed by atoms with Crippen LogP contribution in [0.15, 0.2) is 48.5 Å². The van der Waals surface area contributed by atoms with E-state index in [-0.39, 0.29) is 5.92 Å². The molecule has 0 atom stereocenters. The topological polar surface area (TPSA) is 40.5 Å². The highest BCUT2D eigenvalue weighted by Crippen LogP contribution is 2.23. The van der Waals surface area contributed by atoms with Crippen molar-refractivity contribution in [3.8, 4) is 11.1 Å². The molecule has 1 saturated heterocycles. The summed E-state index contributed by atoms with van der Waals surface area (Å²) in [5.41, 5.74) is 5.04. The maximum atomic E-state index is 11.0. The van der Waals surface area contributed by atoms with Crippen molar-refractivity contribution in [2.45, 2.75) is 26.3 Å². The van der Waals surface area contributed by atoms with Crippen molar-refractivity contribution in [1.29, 1.82) is 0 Å². The lowest BCUT2D eigenvalue weighted by atomic mass is 9.96. The van der Waals surface area contributed by atoms with Gasteiger partial charge in [0.05, 0.1) is 5.92 Å². The molecule has 0 amide bonds. The van der Waals surface area contributed by atoms with Gasteiger partial charge in [-0.25, -0.2) is 0 Å². The molecule has 1 heterocycles. The van der Waals surface area contributed by atoms with Crippen molar-refractivity contribution in [2.75, 3.05) is 13.1 Å². The van der Waals surface area contributed by atoms with Gasteiger partial charge in [-0.3, -0.25) is 9.69 Å². The zero-order valence-corrected chi connectivity index (χ0v) is 13.5. The van der Waals surface area contributed by atoms with E-state index >= 15 is 0 Å². The predicted octanol–water partition coefficient (Wildman–Crippen LogP) is 3.96. The molecule has 23 heavy (non-hydrogen) atoms. The minimum atomic E-state index is -0.647. The third kappa shape index (κ3) is 3.99. The molecule has 2 aromatic rings. The van der Waals surface area contributed by atoms with Gasteiger partial charge in [0.2, 0.25) is 0 Å². The molecule has 120 valence electrons. The van der Waals surface area contributed by atoms with Crippen LogP contribution in [-0.2, 0) is 11.3 Å². The van der Waals surface area contributed by atoms with Gasteiger partial charge in [-0.05, 0) is 55.6 Å². The van der Waals surface area contributed by atoms with E-state index in [0.29, 0.717) is 0 Å². The van der Waals surface area contributed by atoms with Crippen LogP contribution >= 0.6 is 0 Å². The molecular formula is C20H23NO2. The van der Waals surface area contributed by atoms with Crippen molar-refractivity contribution in [2.24, 2.45) is 5.92 Å². The molecule has 3 rings (SSSR count). The lowest BCUT2D eigenvalue weighted by Crippen LogP contribution is -2.35. The Bertz CT molecular complexity index is 670. The quantitative estimate of drug-likeness (QED) is 0.929. The zero-order valence-electron chi connectivity index (χ0n) is 13.5. The fourth-order valence-electron chi connectivity index (χ4n) is 3.19. The van der Waals surface area contributed by atoms with Crippen LogP contribution in [0.2, 0.25) is 0 Å². The Balaban J connectivity index is 1.66. The van der Waals surface area contributed by atoms with E-state index in [1.54, 1.807) is 0 Å². The van der Waals surface area contributed by atoms with Crippen LogP contribution < -0.4 is 0 Å². The summed E-state index contributed by atoms with van der Waals surface area (Å²) < 4.78 is 0. The third-order valence-electron chi connectivity index (χ3n) is 4.65. The summed E-state index contributed by atoms with van der Waals surface area (Å²) >= 11 is 0. The van der Waals surface area contributed by atoms with E-state index in [0.717, 1.165) is 32.5 Å². The molecule has 3 heteroatoms.